The zero-order chi connectivity index (χ0) is 23.8. The lowest BCUT2D eigenvalue weighted by Gasteiger charge is -2.40. The summed E-state index contributed by atoms with van der Waals surface area (Å²) in [6.07, 6.45) is 3.93. The molecule has 1 amide bonds. The maximum absolute atomic E-state index is 14.4. The van der Waals surface area contributed by atoms with Crippen LogP contribution in [-0.2, 0) is 4.74 Å². The Balaban J connectivity index is 1.64. The summed E-state index contributed by atoms with van der Waals surface area (Å²) >= 11 is 0. The van der Waals surface area contributed by atoms with E-state index in [4.69, 9.17) is 10.5 Å². The number of anilines is 1. The number of ether oxygens (including phenoxy) is 1. The van der Waals surface area contributed by atoms with Crippen LogP contribution in [-0.4, -0.2) is 27.5 Å². The summed E-state index contributed by atoms with van der Waals surface area (Å²) in [4.78, 5) is 20.9. The summed E-state index contributed by atoms with van der Waals surface area (Å²) < 4.78 is 48.9. The van der Waals surface area contributed by atoms with E-state index in [-0.39, 0.29) is 17.8 Å². The first-order valence-corrected chi connectivity index (χ1v) is 10.4. The highest BCUT2D eigenvalue weighted by atomic mass is 19.1. The smallest absolute Gasteiger partial charge is 0.274 e. The molecule has 1 saturated heterocycles. The second-order valence-electron chi connectivity index (χ2n) is 8.61. The van der Waals surface area contributed by atoms with Crippen LogP contribution in [0.2, 0.25) is 0 Å². The number of aromatic nitrogens is 2. The van der Waals surface area contributed by atoms with Gasteiger partial charge in [-0.2, -0.15) is 0 Å². The van der Waals surface area contributed by atoms with Gasteiger partial charge in [-0.25, -0.2) is 18.2 Å². The standard InChI is InChI=1S/C24H23F3N4O2/c1-24(2)11-13(28)10-20(33-24)14-8-9-29-12-19(14)31-23(32)18-7-6-17(27)22(30-18)21-15(25)4-3-5-16(21)26/h3-9,12-13,20H,10-11,28H2,1-2H3,(H,31,32)/t13-,20+/m0/s1. The minimum absolute atomic E-state index is 0.0764. The molecule has 1 aliphatic heterocycles. The van der Waals surface area contributed by atoms with Crippen molar-refractivity contribution < 1.29 is 22.7 Å². The predicted octanol–water partition coefficient (Wildman–Crippen LogP) is 4.77. The highest BCUT2D eigenvalue weighted by molar-refractivity contribution is 6.03. The van der Waals surface area contributed by atoms with Crippen LogP contribution in [0.4, 0.5) is 18.9 Å². The van der Waals surface area contributed by atoms with E-state index in [0.717, 1.165) is 30.3 Å². The highest BCUT2D eigenvalue weighted by Gasteiger charge is 2.35. The number of hydrogen-bond donors (Lipinski definition) is 2. The fourth-order valence-corrected chi connectivity index (χ4v) is 4.11. The molecule has 3 heterocycles. The van der Waals surface area contributed by atoms with E-state index in [1.54, 1.807) is 12.3 Å². The molecule has 0 unspecified atom stereocenters. The van der Waals surface area contributed by atoms with Gasteiger partial charge in [0.05, 0.1) is 29.2 Å². The largest absolute Gasteiger partial charge is 0.367 e. The van der Waals surface area contributed by atoms with Crippen molar-refractivity contribution in [1.29, 1.82) is 0 Å². The fraction of sp³-hybridized carbons (Fsp3) is 0.292. The Morgan fingerprint density at radius 1 is 1.12 bits per heavy atom. The molecule has 1 fully saturated rings. The van der Waals surface area contributed by atoms with Crippen LogP contribution in [0.3, 0.4) is 0 Å². The summed E-state index contributed by atoms with van der Waals surface area (Å²) in [6.45, 7) is 3.90. The third-order valence-corrected chi connectivity index (χ3v) is 5.46. The zero-order valence-corrected chi connectivity index (χ0v) is 18.1. The molecule has 0 bridgehead atoms. The van der Waals surface area contributed by atoms with E-state index in [1.807, 2.05) is 13.8 Å². The van der Waals surface area contributed by atoms with Gasteiger partial charge in [0.15, 0.2) is 0 Å². The molecule has 4 rings (SSSR count). The maximum atomic E-state index is 14.4. The van der Waals surface area contributed by atoms with E-state index in [0.29, 0.717) is 24.1 Å². The van der Waals surface area contributed by atoms with Crippen LogP contribution in [0.5, 0.6) is 0 Å². The first-order valence-electron chi connectivity index (χ1n) is 10.4. The molecule has 3 aromatic rings. The summed E-state index contributed by atoms with van der Waals surface area (Å²) in [5.74, 6) is -3.62. The molecule has 1 aliphatic rings. The van der Waals surface area contributed by atoms with Gasteiger partial charge in [0.2, 0.25) is 0 Å². The van der Waals surface area contributed by atoms with Gasteiger partial charge < -0.3 is 15.8 Å². The third-order valence-electron chi connectivity index (χ3n) is 5.46. The molecule has 1 aromatic carbocycles. The normalized spacial score (nSPS) is 19.8. The van der Waals surface area contributed by atoms with Crippen molar-refractivity contribution in [1.82, 2.24) is 9.97 Å². The molecular weight excluding hydrogens is 433 g/mol. The van der Waals surface area contributed by atoms with Crippen molar-refractivity contribution in [3.63, 3.8) is 0 Å². The van der Waals surface area contributed by atoms with E-state index in [1.165, 1.54) is 6.20 Å². The number of pyridine rings is 2. The van der Waals surface area contributed by atoms with Crippen LogP contribution >= 0.6 is 0 Å². The number of carbonyl (C=O) groups excluding carboxylic acids is 1. The maximum Gasteiger partial charge on any atom is 0.274 e. The third kappa shape index (κ3) is 4.89. The molecule has 0 radical (unpaired) electrons. The van der Waals surface area contributed by atoms with Gasteiger partial charge >= 0.3 is 0 Å². The first-order chi connectivity index (χ1) is 15.6. The Kier molecular flexibility index (Phi) is 6.18. The molecule has 33 heavy (non-hydrogen) atoms. The lowest BCUT2D eigenvalue weighted by Crippen LogP contribution is -2.42. The van der Waals surface area contributed by atoms with Crippen LogP contribution in [0.1, 0.15) is 48.8 Å². The SMILES string of the molecule is CC1(C)C[C@@H](N)C[C@H](c2ccncc2NC(=O)c2ccc(F)c(-c3c(F)cccc3F)n2)O1. The van der Waals surface area contributed by atoms with E-state index >= 15 is 0 Å². The predicted molar refractivity (Wildman–Crippen MR) is 117 cm³/mol. The summed E-state index contributed by atoms with van der Waals surface area (Å²) in [5, 5.41) is 2.70. The van der Waals surface area contributed by atoms with Crippen molar-refractivity contribution in [2.24, 2.45) is 5.73 Å². The minimum Gasteiger partial charge on any atom is -0.367 e. The Morgan fingerprint density at radius 2 is 1.85 bits per heavy atom. The Hall–Kier alpha value is -3.30. The Labute approximate surface area is 189 Å². The van der Waals surface area contributed by atoms with Gasteiger partial charge in [0.1, 0.15) is 28.8 Å². The molecule has 0 saturated carbocycles. The highest BCUT2D eigenvalue weighted by Crippen LogP contribution is 2.38. The summed E-state index contributed by atoms with van der Waals surface area (Å²) in [6, 6.07) is 6.87. The van der Waals surface area contributed by atoms with Gasteiger partial charge in [0.25, 0.3) is 5.91 Å². The Morgan fingerprint density at radius 3 is 2.55 bits per heavy atom. The first kappa shape index (κ1) is 22.9. The molecule has 2 atom stereocenters. The van der Waals surface area contributed by atoms with E-state index in [2.05, 4.69) is 15.3 Å². The minimum atomic E-state index is -0.984. The zero-order valence-electron chi connectivity index (χ0n) is 18.1. The van der Waals surface area contributed by atoms with Gasteiger partial charge in [-0.05, 0) is 57.0 Å². The average molecular weight is 456 g/mol. The number of hydrogen-bond acceptors (Lipinski definition) is 5. The molecule has 0 spiro atoms. The van der Waals surface area contributed by atoms with Crippen molar-refractivity contribution >= 4 is 11.6 Å². The number of nitrogens with two attached hydrogens (primary N) is 1. The second-order valence-corrected chi connectivity index (χ2v) is 8.61. The summed E-state index contributed by atoms with van der Waals surface area (Å²) in [5.41, 5.74) is 5.37. The van der Waals surface area contributed by atoms with Gasteiger partial charge in [-0.1, -0.05) is 6.07 Å². The van der Waals surface area contributed by atoms with Crippen LogP contribution < -0.4 is 11.1 Å². The lowest BCUT2D eigenvalue weighted by molar-refractivity contribution is -0.114. The fourth-order valence-electron chi connectivity index (χ4n) is 4.11. The van der Waals surface area contributed by atoms with Gasteiger partial charge in [-0.15, -0.1) is 0 Å². The van der Waals surface area contributed by atoms with Gasteiger partial charge in [0, 0.05) is 17.8 Å². The van der Waals surface area contributed by atoms with E-state index in [9.17, 15) is 18.0 Å². The number of halogens is 3. The molecule has 172 valence electrons. The average Bonchev–Trinajstić information content (AvgIpc) is 2.73. The van der Waals surface area contributed by atoms with E-state index < -0.39 is 40.2 Å². The van der Waals surface area contributed by atoms with Crippen molar-refractivity contribution in [2.75, 3.05) is 5.32 Å². The molecule has 3 N–H and O–H groups in total. The van der Waals surface area contributed by atoms with Crippen molar-refractivity contribution in [3.05, 3.63) is 77.5 Å². The topological polar surface area (TPSA) is 90.1 Å². The Bertz CT molecular complexity index is 1180. The molecule has 6 nitrogen and oxygen atoms in total. The number of nitrogens with zero attached hydrogens (tertiary/aromatic N) is 2. The molecule has 2 aromatic heterocycles. The summed E-state index contributed by atoms with van der Waals surface area (Å²) in [7, 11) is 0. The lowest BCUT2D eigenvalue weighted by atomic mass is 9.88. The van der Waals surface area contributed by atoms with Crippen LogP contribution in [0.15, 0.2) is 48.8 Å². The molecular formula is C24H23F3N4O2. The van der Waals surface area contributed by atoms with Crippen LogP contribution in [0, 0.1) is 17.5 Å². The monoisotopic (exact) mass is 456 g/mol. The number of benzene rings is 1. The number of rotatable bonds is 4. The number of carbonyl (C=O) groups is 1. The van der Waals surface area contributed by atoms with Crippen molar-refractivity contribution in [3.8, 4) is 11.3 Å². The quantitative estimate of drug-likeness (QED) is 0.590. The molecule has 0 aliphatic carbocycles. The second kappa shape index (κ2) is 8.92. The molecule has 9 heteroatoms. The van der Waals surface area contributed by atoms with Gasteiger partial charge in [-0.3, -0.25) is 9.78 Å². The number of nitrogens with one attached hydrogen (secondary N) is 1. The van der Waals surface area contributed by atoms with Crippen molar-refractivity contribution in [2.45, 2.75) is 44.4 Å². The van der Waals surface area contributed by atoms with Crippen LogP contribution in [0.25, 0.3) is 11.3 Å². The number of amides is 1.